The van der Waals surface area contributed by atoms with Crippen molar-refractivity contribution in [2.75, 3.05) is 0 Å². The van der Waals surface area contributed by atoms with E-state index in [2.05, 4.69) is 4.98 Å². The highest BCUT2D eigenvalue weighted by molar-refractivity contribution is 5.95. The number of pyridine rings is 1. The Morgan fingerprint density at radius 1 is 1.30 bits per heavy atom. The topological polar surface area (TPSA) is 71.5 Å². The molecule has 2 rings (SSSR count). The van der Waals surface area contributed by atoms with Crippen LogP contribution in [0.25, 0.3) is 10.9 Å². The van der Waals surface area contributed by atoms with Gasteiger partial charge in [0.2, 0.25) is 0 Å². The lowest BCUT2D eigenvalue weighted by atomic mass is 10.1. The molecule has 1 amide bonds. The Kier molecular flexibility index (Phi) is 3.63. The van der Waals surface area contributed by atoms with Crippen LogP contribution in [0, 0.1) is 6.92 Å². The van der Waals surface area contributed by atoms with Gasteiger partial charge in [0.05, 0.1) is 5.52 Å². The standard InChI is InChI=1S/C15H18N2O3/c1-9-7-13(14(18)17-19)16-12-6-5-10(8-11(9)12)20-15(2,3)4/h5-8,19H,1-4H3,(H,17,18). The quantitative estimate of drug-likeness (QED) is 0.652. The number of hydrogen-bond donors (Lipinski definition) is 2. The maximum atomic E-state index is 11.4. The normalized spacial score (nSPS) is 11.4. The van der Waals surface area contributed by atoms with Crippen LogP contribution in [0.1, 0.15) is 36.8 Å². The molecule has 0 aliphatic rings. The van der Waals surface area contributed by atoms with Crippen molar-refractivity contribution in [2.45, 2.75) is 33.3 Å². The van der Waals surface area contributed by atoms with E-state index in [-0.39, 0.29) is 11.3 Å². The Morgan fingerprint density at radius 2 is 2.00 bits per heavy atom. The van der Waals surface area contributed by atoms with E-state index in [1.807, 2.05) is 39.8 Å². The van der Waals surface area contributed by atoms with Crippen molar-refractivity contribution in [1.29, 1.82) is 0 Å². The van der Waals surface area contributed by atoms with E-state index in [1.165, 1.54) is 0 Å². The first-order valence-electron chi connectivity index (χ1n) is 6.35. The largest absolute Gasteiger partial charge is 0.488 e. The first-order chi connectivity index (χ1) is 9.30. The van der Waals surface area contributed by atoms with Crippen molar-refractivity contribution in [3.63, 3.8) is 0 Å². The summed E-state index contributed by atoms with van der Waals surface area (Å²) in [5, 5.41) is 9.58. The summed E-state index contributed by atoms with van der Waals surface area (Å²) >= 11 is 0. The minimum atomic E-state index is -0.620. The molecule has 106 valence electrons. The number of carbonyl (C=O) groups excluding carboxylic acids is 1. The smallest absolute Gasteiger partial charge is 0.293 e. The van der Waals surface area contributed by atoms with E-state index in [0.29, 0.717) is 5.52 Å². The van der Waals surface area contributed by atoms with E-state index in [1.54, 1.807) is 17.6 Å². The van der Waals surface area contributed by atoms with Crippen molar-refractivity contribution in [2.24, 2.45) is 0 Å². The van der Waals surface area contributed by atoms with Crippen molar-refractivity contribution >= 4 is 16.8 Å². The average Bonchev–Trinajstić information content (AvgIpc) is 2.36. The molecule has 5 heteroatoms. The molecule has 0 unspecified atom stereocenters. The lowest BCUT2D eigenvalue weighted by molar-refractivity contribution is 0.0701. The van der Waals surface area contributed by atoms with Crippen molar-refractivity contribution in [1.82, 2.24) is 10.5 Å². The van der Waals surface area contributed by atoms with Gasteiger partial charge >= 0.3 is 0 Å². The van der Waals surface area contributed by atoms with Crippen LogP contribution in [-0.2, 0) is 0 Å². The maximum absolute atomic E-state index is 11.4. The zero-order valence-electron chi connectivity index (χ0n) is 12.0. The molecular weight excluding hydrogens is 256 g/mol. The third kappa shape index (κ3) is 3.05. The molecule has 20 heavy (non-hydrogen) atoms. The number of ether oxygens (including phenoxy) is 1. The zero-order chi connectivity index (χ0) is 14.9. The first kappa shape index (κ1) is 14.3. The molecule has 5 nitrogen and oxygen atoms in total. The molecule has 0 saturated carbocycles. The Hall–Kier alpha value is -2.14. The SMILES string of the molecule is Cc1cc(C(=O)NO)nc2ccc(OC(C)(C)C)cc12. The van der Waals surface area contributed by atoms with Gasteiger partial charge < -0.3 is 4.74 Å². The summed E-state index contributed by atoms with van der Waals surface area (Å²) in [5.41, 5.74) is 3.08. The first-order valence-corrected chi connectivity index (χ1v) is 6.35. The fourth-order valence-corrected chi connectivity index (χ4v) is 1.96. The number of nitrogens with zero attached hydrogens (tertiary/aromatic N) is 1. The Morgan fingerprint density at radius 3 is 2.60 bits per heavy atom. The van der Waals surface area contributed by atoms with E-state index >= 15 is 0 Å². The number of amides is 1. The number of hydrogen-bond acceptors (Lipinski definition) is 4. The molecule has 0 aliphatic heterocycles. The molecule has 2 aromatic rings. The van der Waals surface area contributed by atoms with Crippen LogP contribution in [0.4, 0.5) is 0 Å². The third-order valence-electron chi connectivity index (χ3n) is 2.75. The molecule has 1 aromatic heterocycles. The number of hydroxylamine groups is 1. The Balaban J connectivity index is 2.49. The fourth-order valence-electron chi connectivity index (χ4n) is 1.96. The molecule has 0 radical (unpaired) electrons. The summed E-state index contributed by atoms with van der Waals surface area (Å²) in [4.78, 5) is 15.6. The summed E-state index contributed by atoms with van der Waals surface area (Å²) in [6.07, 6.45) is 0. The highest BCUT2D eigenvalue weighted by Crippen LogP contribution is 2.25. The van der Waals surface area contributed by atoms with Gasteiger partial charge in [0.15, 0.2) is 0 Å². The van der Waals surface area contributed by atoms with Gasteiger partial charge in [-0.25, -0.2) is 10.5 Å². The molecule has 0 saturated heterocycles. The number of nitrogens with one attached hydrogen (secondary N) is 1. The lowest BCUT2D eigenvalue weighted by Gasteiger charge is -2.21. The fraction of sp³-hybridized carbons (Fsp3) is 0.333. The minimum Gasteiger partial charge on any atom is -0.488 e. The predicted octanol–water partition coefficient (Wildman–Crippen LogP) is 2.84. The van der Waals surface area contributed by atoms with Crippen LogP contribution in [0.15, 0.2) is 24.3 Å². The second-order valence-corrected chi connectivity index (χ2v) is 5.66. The molecule has 0 aliphatic carbocycles. The van der Waals surface area contributed by atoms with Gasteiger partial charge in [0.25, 0.3) is 5.91 Å². The van der Waals surface area contributed by atoms with Gasteiger partial charge in [-0.2, -0.15) is 0 Å². The minimum absolute atomic E-state index is 0.182. The number of aromatic nitrogens is 1. The lowest BCUT2D eigenvalue weighted by Crippen LogP contribution is -2.23. The van der Waals surface area contributed by atoms with Gasteiger partial charge in [-0.15, -0.1) is 0 Å². The van der Waals surface area contributed by atoms with Gasteiger partial charge in [0.1, 0.15) is 17.0 Å². The molecule has 2 N–H and O–H groups in total. The average molecular weight is 274 g/mol. The predicted molar refractivity (Wildman–Crippen MR) is 76.1 cm³/mol. The molecule has 0 fully saturated rings. The van der Waals surface area contributed by atoms with E-state index < -0.39 is 5.91 Å². The van der Waals surface area contributed by atoms with Gasteiger partial charge in [-0.1, -0.05) is 0 Å². The molecular formula is C15H18N2O3. The molecule has 1 heterocycles. The summed E-state index contributed by atoms with van der Waals surface area (Å²) in [5.74, 6) is 0.138. The monoisotopic (exact) mass is 274 g/mol. The summed E-state index contributed by atoms with van der Waals surface area (Å²) in [6, 6.07) is 7.16. The highest BCUT2D eigenvalue weighted by Gasteiger charge is 2.14. The Labute approximate surface area is 117 Å². The summed E-state index contributed by atoms with van der Waals surface area (Å²) in [6.45, 7) is 7.84. The van der Waals surface area contributed by atoms with Crippen molar-refractivity contribution in [3.05, 3.63) is 35.5 Å². The zero-order valence-corrected chi connectivity index (χ0v) is 12.0. The van der Waals surface area contributed by atoms with Crippen LogP contribution in [-0.4, -0.2) is 21.7 Å². The molecule has 1 aromatic carbocycles. The van der Waals surface area contributed by atoms with Gasteiger partial charge in [-0.3, -0.25) is 10.0 Å². The maximum Gasteiger partial charge on any atom is 0.293 e. The van der Waals surface area contributed by atoms with Crippen LogP contribution in [0.5, 0.6) is 5.75 Å². The number of rotatable bonds is 2. The van der Waals surface area contributed by atoms with Crippen LogP contribution >= 0.6 is 0 Å². The van der Waals surface area contributed by atoms with Crippen molar-refractivity contribution in [3.8, 4) is 5.75 Å². The summed E-state index contributed by atoms with van der Waals surface area (Å²) < 4.78 is 5.82. The van der Waals surface area contributed by atoms with Gasteiger partial charge in [0, 0.05) is 5.39 Å². The molecule has 0 spiro atoms. The second kappa shape index (κ2) is 5.09. The van der Waals surface area contributed by atoms with E-state index in [0.717, 1.165) is 16.7 Å². The second-order valence-electron chi connectivity index (χ2n) is 5.66. The highest BCUT2D eigenvalue weighted by atomic mass is 16.5. The van der Waals surface area contributed by atoms with Crippen molar-refractivity contribution < 1.29 is 14.7 Å². The molecule has 0 atom stereocenters. The number of aryl methyl sites for hydroxylation is 1. The van der Waals surface area contributed by atoms with Gasteiger partial charge in [-0.05, 0) is 57.5 Å². The third-order valence-corrected chi connectivity index (χ3v) is 2.75. The number of fused-ring (bicyclic) bond motifs is 1. The van der Waals surface area contributed by atoms with Crippen LogP contribution < -0.4 is 10.2 Å². The Bertz CT molecular complexity index is 660. The van der Waals surface area contributed by atoms with E-state index in [9.17, 15) is 4.79 Å². The van der Waals surface area contributed by atoms with Crippen LogP contribution in [0.3, 0.4) is 0 Å². The van der Waals surface area contributed by atoms with Crippen LogP contribution in [0.2, 0.25) is 0 Å². The molecule has 0 bridgehead atoms. The number of benzene rings is 1. The summed E-state index contributed by atoms with van der Waals surface area (Å²) in [7, 11) is 0. The van der Waals surface area contributed by atoms with E-state index in [4.69, 9.17) is 9.94 Å². The number of carbonyl (C=O) groups is 1.